The van der Waals surface area contributed by atoms with Crippen LogP contribution >= 0.6 is 0 Å². The Labute approximate surface area is 101 Å². The number of nitrogens with one attached hydrogen (secondary N) is 2. The molecule has 1 aromatic heterocycles. The summed E-state index contributed by atoms with van der Waals surface area (Å²) in [4.78, 5) is 18.0. The minimum absolute atomic E-state index is 0.125. The van der Waals surface area contributed by atoms with Gasteiger partial charge in [0.2, 0.25) is 0 Å². The number of nitrogens with zero attached hydrogens (tertiary/aromatic N) is 1. The number of aromatic amines is 1. The van der Waals surface area contributed by atoms with E-state index >= 15 is 0 Å². The van der Waals surface area contributed by atoms with E-state index in [-0.39, 0.29) is 5.97 Å². The number of aromatic nitrogens is 1. The summed E-state index contributed by atoms with van der Waals surface area (Å²) in [5.41, 5.74) is 0. The minimum atomic E-state index is -0.125. The number of hydrogen-bond donors (Lipinski definition) is 1. The highest BCUT2D eigenvalue weighted by molar-refractivity contribution is 5.70. The van der Waals surface area contributed by atoms with Crippen molar-refractivity contribution in [1.29, 1.82) is 0 Å². The lowest BCUT2D eigenvalue weighted by molar-refractivity contribution is -0.893. The van der Waals surface area contributed by atoms with Crippen molar-refractivity contribution in [1.82, 2.24) is 0 Å². The second kappa shape index (κ2) is 5.63. The Morgan fingerprint density at radius 1 is 1.47 bits per heavy atom. The molecule has 2 heterocycles. The standard InChI is InChI=1S/C12H17N3O2/c1-17-12(16)10-14-6-8-15(9-7-14)11-4-2-3-5-13-11/h2-5H,6-10H2,1H3/p+2. The first-order valence-corrected chi connectivity index (χ1v) is 5.91. The van der Waals surface area contributed by atoms with Gasteiger partial charge in [-0.15, -0.1) is 0 Å². The highest BCUT2D eigenvalue weighted by atomic mass is 16.5. The number of rotatable bonds is 3. The largest absolute Gasteiger partial charge is 0.465 e. The molecule has 0 bridgehead atoms. The lowest BCUT2D eigenvalue weighted by atomic mass is 10.3. The molecule has 0 radical (unpaired) electrons. The number of quaternary nitrogens is 1. The molecular formula is C12H19N3O2+2. The van der Waals surface area contributed by atoms with Crippen molar-refractivity contribution < 1.29 is 19.4 Å². The van der Waals surface area contributed by atoms with Crippen molar-refractivity contribution in [2.45, 2.75) is 0 Å². The second-order valence-corrected chi connectivity index (χ2v) is 4.24. The summed E-state index contributed by atoms with van der Waals surface area (Å²) in [5.74, 6) is 1.02. The third-order valence-electron chi connectivity index (χ3n) is 3.13. The number of hydrogen-bond acceptors (Lipinski definition) is 3. The maximum Gasteiger partial charge on any atom is 0.361 e. The Bertz CT molecular complexity index is 361. The highest BCUT2D eigenvalue weighted by Crippen LogP contribution is 2.04. The molecule has 0 unspecified atom stereocenters. The third kappa shape index (κ3) is 3.17. The van der Waals surface area contributed by atoms with Crippen LogP contribution in [-0.4, -0.2) is 45.8 Å². The van der Waals surface area contributed by atoms with E-state index in [1.165, 1.54) is 12.0 Å². The molecule has 92 valence electrons. The lowest BCUT2D eigenvalue weighted by Gasteiger charge is -2.27. The van der Waals surface area contributed by atoms with Crippen LogP contribution in [0.15, 0.2) is 24.4 Å². The Balaban J connectivity index is 1.84. The molecule has 5 heteroatoms. The molecule has 1 aliphatic heterocycles. The van der Waals surface area contributed by atoms with Gasteiger partial charge >= 0.3 is 5.97 Å². The zero-order valence-electron chi connectivity index (χ0n) is 10.1. The third-order valence-corrected chi connectivity index (χ3v) is 3.13. The molecule has 5 nitrogen and oxygen atoms in total. The Kier molecular flexibility index (Phi) is 3.93. The van der Waals surface area contributed by atoms with Crippen molar-refractivity contribution >= 4 is 11.8 Å². The number of ether oxygens (including phenoxy) is 1. The van der Waals surface area contributed by atoms with E-state index in [2.05, 4.69) is 20.7 Å². The van der Waals surface area contributed by atoms with E-state index in [1.807, 2.05) is 18.3 Å². The van der Waals surface area contributed by atoms with Crippen LogP contribution in [0.3, 0.4) is 0 Å². The molecular weight excluding hydrogens is 218 g/mol. The van der Waals surface area contributed by atoms with Crippen molar-refractivity contribution in [2.24, 2.45) is 0 Å². The average Bonchev–Trinajstić information content (AvgIpc) is 2.40. The zero-order chi connectivity index (χ0) is 12.1. The summed E-state index contributed by atoms with van der Waals surface area (Å²) in [6.45, 7) is 4.35. The van der Waals surface area contributed by atoms with Crippen LogP contribution in [0, 0.1) is 0 Å². The van der Waals surface area contributed by atoms with Crippen LogP contribution in [0.4, 0.5) is 5.82 Å². The normalized spacial score (nSPS) is 16.9. The van der Waals surface area contributed by atoms with Crippen LogP contribution in [0.2, 0.25) is 0 Å². The van der Waals surface area contributed by atoms with E-state index < -0.39 is 0 Å². The number of carbonyl (C=O) groups excluding carboxylic acids is 1. The SMILES string of the molecule is COC(=O)C[NH+]1CCN(c2cccc[nH+]2)CC1. The topological polar surface area (TPSA) is 48.1 Å². The number of esters is 1. The van der Waals surface area contributed by atoms with Gasteiger partial charge in [-0.1, -0.05) is 6.07 Å². The monoisotopic (exact) mass is 237 g/mol. The molecule has 1 saturated heterocycles. The van der Waals surface area contributed by atoms with E-state index in [0.29, 0.717) is 6.54 Å². The fourth-order valence-electron chi connectivity index (χ4n) is 2.10. The van der Waals surface area contributed by atoms with Crippen LogP contribution < -0.4 is 14.8 Å². The quantitative estimate of drug-likeness (QED) is 0.643. The predicted molar refractivity (Wildman–Crippen MR) is 62.8 cm³/mol. The maximum absolute atomic E-state index is 11.2. The molecule has 1 aliphatic rings. The number of methoxy groups -OCH3 is 1. The van der Waals surface area contributed by atoms with Crippen LogP contribution in [0.5, 0.6) is 0 Å². The molecule has 1 aromatic rings. The average molecular weight is 237 g/mol. The summed E-state index contributed by atoms with van der Waals surface area (Å²) in [5, 5.41) is 0. The maximum atomic E-state index is 11.2. The Morgan fingerprint density at radius 2 is 2.24 bits per heavy atom. The molecule has 2 N–H and O–H groups in total. The van der Waals surface area contributed by atoms with Crippen molar-refractivity contribution in [3.8, 4) is 0 Å². The van der Waals surface area contributed by atoms with Gasteiger partial charge in [-0.05, 0) is 6.07 Å². The molecule has 0 atom stereocenters. The van der Waals surface area contributed by atoms with Crippen molar-refractivity contribution in [3.05, 3.63) is 24.4 Å². The molecule has 2 rings (SSSR count). The minimum Gasteiger partial charge on any atom is -0.465 e. The zero-order valence-corrected chi connectivity index (χ0v) is 10.1. The van der Waals surface area contributed by atoms with Gasteiger partial charge in [0, 0.05) is 6.07 Å². The molecule has 0 aliphatic carbocycles. The molecule has 0 amide bonds. The number of carbonyl (C=O) groups is 1. The lowest BCUT2D eigenvalue weighted by Crippen LogP contribution is -3.15. The summed E-state index contributed by atoms with van der Waals surface area (Å²) >= 11 is 0. The van der Waals surface area contributed by atoms with Gasteiger partial charge < -0.3 is 9.64 Å². The van der Waals surface area contributed by atoms with Gasteiger partial charge in [0.1, 0.15) is 26.2 Å². The Hall–Kier alpha value is -1.62. The van der Waals surface area contributed by atoms with E-state index in [9.17, 15) is 4.79 Å². The van der Waals surface area contributed by atoms with Crippen LogP contribution in [-0.2, 0) is 9.53 Å². The van der Waals surface area contributed by atoms with E-state index in [0.717, 1.165) is 32.0 Å². The molecule has 1 fully saturated rings. The van der Waals surface area contributed by atoms with Gasteiger partial charge in [-0.3, -0.25) is 4.90 Å². The number of H-pyrrole nitrogens is 1. The fraction of sp³-hybridized carbons (Fsp3) is 0.500. The smallest absolute Gasteiger partial charge is 0.361 e. The van der Waals surface area contributed by atoms with Gasteiger partial charge in [0.15, 0.2) is 6.54 Å². The number of pyridine rings is 1. The van der Waals surface area contributed by atoms with Gasteiger partial charge in [0.25, 0.3) is 5.82 Å². The summed E-state index contributed by atoms with van der Waals surface area (Å²) in [6, 6.07) is 6.08. The van der Waals surface area contributed by atoms with Crippen LogP contribution in [0.25, 0.3) is 0 Å². The van der Waals surface area contributed by atoms with Crippen molar-refractivity contribution in [2.75, 3.05) is 44.7 Å². The summed E-state index contributed by atoms with van der Waals surface area (Å²) in [7, 11) is 1.44. The first kappa shape index (κ1) is 11.9. The Morgan fingerprint density at radius 3 is 2.82 bits per heavy atom. The first-order chi connectivity index (χ1) is 8.29. The van der Waals surface area contributed by atoms with E-state index in [4.69, 9.17) is 0 Å². The first-order valence-electron chi connectivity index (χ1n) is 5.91. The summed E-state index contributed by atoms with van der Waals surface area (Å²) in [6.07, 6.45) is 1.93. The highest BCUT2D eigenvalue weighted by Gasteiger charge is 2.27. The number of piperazine rings is 1. The fourth-order valence-corrected chi connectivity index (χ4v) is 2.10. The van der Waals surface area contributed by atoms with Gasteiger partial charge in [0.05, 0.1) is 13.3 Å². The number of anilines is 1. The van der Waals surface area contributed by atoms with Gasteiger partial charge in [-0.2, -0.15) is 0 Å². The van der Waals surface area contributed by atoms with Gasteiger partial charge in [-0.25, -0.2) is 9.78 Å². The molecule has 0 spiro atoms. The molecule has 0 aromatic carbocycles. The van der Waals surface area contributed by atoms with E-state index in [1.54, 1.807) is 0 Å². The van der Waals surface area contributed by atoms with Crippen LogP contribution in [0.1, 0.15) is 0 Å². The predicted octanol–water partition coefficient (Wildman–Crippen LogP) is -1.62. The summed E-state index contributed by atoms with van der Waals surface area (Å²) < 4.78 is 4.68. The second-order valence-electron chi connectivity index (χ2n) is 4.24. The van der Waals surface area contributed by atoms with Crippen molar-refractivity contribution in [3.63, 3.8) is 0 Å². The molecule has 17 heavy (non-hydrogen) atoms. The molecule has 0 saturated carbocycles.